The monoisotopic (exact) mass is 460 g/mol. The first-order valence-corrected chi connectivity index (χ1v) is 14.5. The maximum atomic E-state index is 11.6. The molecule has 4 heteroatoms. The van der Waals surface area contributed by atoms with E-state index in [1.807, 2.05) is 0 Å². The van der Waals surface area contributed by atoms with E-state index in [4.69, 9.17) is 0 Å². The quantitative estimate of drug-likeness (QED) is 0.625. The molecule has 33 heavy (non-hydrogen) atoms. The second kappa shape index (κ2) is 8.75. The Morgan fingerprint density at radius 1 is 0.879 bits per heavy atom. The number of likely N-dealkylation sites (tertiary alicyclic amines) is 1. The highest BCUT2D eigenvalue weighted by molar-refractivity contribution is 5.15. The molecule has 0 spiro atoms. The number of likely N-dealkylation sites (N-methyl/N-ethyl adjacent to an activating group) is 1. The Hall–Kier alpha value is -0.160. The Labute approximate surface area is 203 Å². The van der Waals surface area contributed by atoms with Crippen molar-refractivity contribution < 1.29 is 10.2 Å². The summed E-state index contributed by atoms with van der Waals surface area (Å²) in [6, 6.07) is 0.663. The molecule has 1 saturated heterocycles. The lowest BCUT2D eigenvalue weighted by Gasteiger charge is -2.64. The summed E-state index contributed by atoms with van der Waals surface area (Å²) < 4.78 is 0. The highest BCUT2D eigenvalue weighted by atomic mass is 16.3. The predicted octanol–water partition coefficient (Wildman–Crippen LogP) is 4.93. The molecule has 4 saturated carbocycles. The summed E-state index contributed by atoms with van der Waals surface area (Å²) in [6.07, 6.45) is 12.2. The Kier molecular flexibility index (Phi) is 6.50. The topological polar surface area (TPSA) is 46.9 Å². The number of aliphatic hydroxyl groups is 2. The minimum atomic E-state index is -0.574. The van der Waals surface area contributed by atoms with Gasteiger partial charge in [0.1, 0.15) is 0 Å². The third-order valence-electron chi connectivity index (χ3n) is 12.2. The molecule has 5 rings (SSSR count). The Balaban J connectivity index is 1.41. The van der Waals surface area contributed by atoms with Crippen LogP contribution >= 0.6 is 0 Å². The fraction of sp³-hybridized carbons (Fsp3) is 1.00. The van der Waals surface area contributed by atoms with Crippen LogP contribution in [0.15, 0.2) is 0 Å². The fourth-order valence-electron chi connectivity index (χ4n) is 10.2. The van der Waals surface area contributed by atoms with Gasteiger partial charge in [-0.1, -0.05) is 34.1 Å². The zero-order chi connectivity index (χ0) is 23.6. The normalized spacial score (nSPS) is 52.9. The van der Waals surface area contributed by atoms with Crippen molar-refractivity contribution in [1.29, 1.82) is 0 Å². The molecule has 2 N–H and O–H groups in total. The summed E-state index contributed by atoms with van der Waals surface area (Å²) >= 11 is 0. The van der Waals surface area contributed by atoms with E-state index in [0.717, 1.165) is 37.8 Å². The van der Waals surface area contributed by atoms with Crippen LogP contribution < -0.4 is 0 Å². The SMILES string of the molecule is CCN(CC)C1C[C@@]2(C)C(CC[C@@H]3[C@H]2CC[C@]2(C)C(O)C(N4CCCCC4)C[C@@H]32)CC1(C)O. The van der Waals surface area contributed by atoms with Crippen LogP contribution in [0, 0.1) is 34.5 Å². The van der Waals surface area contributed by atoms with Crippen molar-refractivity contribution in [2.75, 3.05) is 26.2 Å². The van der Waals surface area contributed by atoms with Crippen molar-refractivity contribution in [1.82, 2.24) is 9.80 Å². The van der Waals surface area contributed by atoms with Gasteiger partial charge in [-0.05, 0) is 125 Å². The molecule has 0 aromatic heterocycles. The van der Waals surface area contributed by atoms with Crippen molar-refractivity contribution in [3.05, 3.63) is 0 Å². The number of fused-ring (bicyclic) bond motifs is 5. The molecular formula is C29H52N2O2. The molecule has 0 amide bonds. The van der Waals surface area contributed by atoms with Crippen LogP contribution in [0.3, 0.4) is 0 Å². The van der Waals surface area contributed by atoms with Gasteiger partial charge in [-0.2, -0.15) is 0 Å². The van der Waals surface area contributed by atoms with Crippen molar-refractivity contribution in [3.63, 3.8) is 0 Å². The average Bonchev–Trinajstić information content (AvgIpc) is 3.07. The van der Waals surface area contributed by atoms with Gasteiger partial charge in [-0.15, -0.1) is 0 Å². The van der Waals surface area contributed by atoms with Gasteiger partial charge in [-0.25, -0.2) is 0 Å². The summed E-state index contributed by atoms with van der Waals surface area (Å²) in [5.41, 5.74) is -0.145. The maximum Gasteiger partial charge on any atom is 0.0777 e. The van der Waals surface area contributed by atoms with Crippen LogP contribution in [-0.2, 0) is 0 Å². The minimum absolute atomic E-state index is 0.102. The maximum absolute atomic E-state index is 11.6. The van der Waals surface area contributed by atoms with E-state index < -0.39 is 5.60 Å². The van der Waals surface area contributed by atoms with Crippen LogP contribution in [-0.4, -0.2) is 70.0 Å². The zero-order valence-corrected chi connectivity index (χ0v) is 22.2. The third kappa shape index (κ3) is 3.76. The molecular weight excluding hydrogens is 408 g/mol. The van der Waals surface area contributed by atoms with Crippen LogP contribution in [0.25, 0.3) is 0 Å². The van der Waals surface area contributed by atoms with E-state index in [0.29, 0.717) is 23.3 Å². The first-order valence-electron chi connectivity index (χ1n) is 14.5. The van der Waals surface area contributed by atoms with Crippen LogP contribution in [0.2, 0.25) is 0 Å². The molecule has 4 aliphatic carbocycles. The fourth-order valence-corrected chi connectivity index (χ4v) is 10.2. The number of aliphatic hydroxyl groups excluding tert-OH is 1. The average molecular weight is 461 g/mol. The zero-order valence-electron chi connectivity index (χ0n) is 22.2. The van der Waals surface area contributed by atoms with Crippen molar-refractivity contribution in [2.45, 2.75) is 123 Å². The Morgan fingerprint density at radius 2 is 1.58 bits per heavy atom. The number of nitrogens with zero attached hydrogens (tertiary/aromatic N) is 2. The molecule has 10 atom stereocenters. The predicted molar refractivity (Wildman–Crippen MR) is 135 cm³/mol. The lowest BCUT2D eigenvalue weighted by atomic mass is 9.43. The smallest absolute Gasteiger partial charge is 0.0777 e. The first kappa shape index (κ1) is 24.5. The second-order valence-corrected chi connectivity index (χ2v) is 13.5. The molecule has 190 valence electrons. The van der Waals surface area contributed by atoms with Gasteiger partial charge in [0.25, 0.3) is 0 Å². The van der Waals surface area contributed by atoms with Crippen molar-refractivity contribution in [3.8, 4) is 0 Å². The number of piperidine rings is 1. The van der Waals surface area contributed by atoms with Gasteiger partial charge in [0.15, 0.2) is 0 Å². The molecule has 5 fully saturated rings. The summed E-state index contributed by atoms with van der Waals surface area (Å²) in [6.45, 7) is 16.1. The van der Waals surface area contributed by atoms with E-state index in [2.05, 4.69) is 44.4 Å². The molecule has 0 aromatic carbocycles. The highest BCUT2D eigenvalue weighted by Gasteiger charge is 2.64. The molecule has 0 radical (unpaired) electrons. The van der Waals surface area contributed by atoms with Crippen LogP contribution in [0.4, 0.5) is 0 Å². The van der Waals surface area contributed by atoms with Gasteiger partial charge in [0, 0.05) is 12.1 Å². The van der Waals surface area contributed by atoms with Gasteiger partial charge < -0.3 is 10.2 Å². The molecule has 1 aliphatic heterocycles. The Morgan fingerprint density at radius 3 is 2.24 bits per heavy atom. The van der Waals surface area contributed by atoms with Crippen LogP contribution in [0.5, 0.6) is 0 Å². The van der Waals surface area contributed by atoms with Gasteiger partial charge in [0.2, 0.25) is 0 Å². The second-order valence-electron chi connectivity index (χ2n) is 13.5. The van der Waals surface area contributed by atoms with Gasteiger partial charge in [-0.3, -0.25) is 9.80 Å². The molecule has 5 unspecified atom stereocenters. The first-order chi connectivity index (χ1) is 15.7. The molecule has 0 bridgehead atoms. The van der Waals surface area contributed by atoms with E-state index in [1.54, 1.807) is 0 Å². The largest absolute Gasteiger partial charge is 0.391 e. The van der Waals surface area contributed by atoms with E-state index in [1.165, 1.54) is 64.5 Å². The molecule has 5 aliphatic rings. The van der Waals surface area contributed by atoms with Gasteiger partial charge >= 0.3 is 0 Å². The number of hydrogen-bond donors (Lipinski definition) is 2. The standard InChI is InChI=1S/C29H52N2O2/c1-6-30(7-2)25-19-28(4)20(18-29(25,5)33)11-12-21-22(28)13-14-27(3)23(21)17-24(26(27)32)31-15-9-8-10-16-31/h20-26,32-33H,6-19H2,1-5H3/t20?,21-,22-,23+,24?,25?,26?,27+,28+,29?/m1/s1. The minimum Gasteiger partial charge on any atom is -0.391 e. The molecule has 1 heterocycles. The highest BCUT2D eigenvalue weighted by Crippen LogP contribution is 2.67. The molecule has 4 nitrogen and oxygen atoms in total. The Bertz CT molecular complexity index is 702. The van der Waals surface area contributed by atoms with Crippen molar-refractivity contribution in [2.24, 2.45) is 34.5 Å². The third-order valence-corrected chi connectivity index (χ3v) is 12.2. The number of rotatable bonds is 4. The lowest BCUT2D eigenvalue weighted by Crippen LogP contribution is -2.63. The summed E-state index contributed by atoms with van der Waals surface area (Å²) in [7, 11) is 0. The summed E-state index contributed by atoms with van der Waals surface area (Å²) in [4.78, 5) is 5.19. The lowest BCUT2D eigenvalue weighted by molar-refractivity contribution is -0.178. The summed E-state index contributed by atoms with van der Waals surface area (Å²) in [5.74, 6) is 2.84. The number of hydrogen-bond acceptors (Lipinski definition) is 4. The van der Waals surface area contributed by atoms with E-state index in [-0.39, 0.29) is 17.6 Å². The molecule has 0 aromatic rings. The van der Waals surface area contributed by atoms with E-state index in [9.17, 15) is 10.2 Å². The van der Waals surface area contributed by atoms with E-state index >= 15 is 0 Å². The summed E-state index contributed by atoms with van der Waals surface area (Å²) in [5, 5.41) is 23.2. The van der Waals surface area contributed by atoms with Gasteiger partial charge in [0.05, 0.1) is 11.7 Å². The van der Waals surface area contributed by atoms with Crippen LogP contribution in [0.1, 0.15) is 98.8 Å². The van der Waals surface area contributed by atoms with Crippen molar-refractivity contribution >= 4 is 0 Å².